The molecule has 2 heterocycles. The Kier molecular flexibility index (Phi) is 4.80. The lowest BCUT2D eigenvalue weighted by molar-refractivity contribution is -0.130. The van der Waals surface area contributed by atoms with E-state index < -0.39 is 5.97 Å². The second kappa shape index (κ2) is 6.58. The zero-order valence-corrected chi connectivity index (χ0v) is 12.8. The van der Waals surface area contributed by atoms with Crippen molar-refractivity contribution < 1.29 is 19.1 Å². The molecular weight excluding hydrogens is 290 g/mol. The van der Waals surface area contributed by atoms with Gasteiger partial charge >= 0.3 is 5.97 Å². The van der Waals surface area contributed by atoms with Crippen molar-refractivity contribution in [3.8, 4) is 0 Å². The molecule has 1 N–H and O–H groups in total. The number of carboxylic acids is 1. The van der Waals surface area contributed by atoms with Crippen LogP contribution in [0, 0.1) is 6.92 Å². The maximum absolute atomic E-state index is 12.0. The average molecular weight is 307 g/mol. The zero-order valence-electron chi connectivity index (χ0n) is 12.0. The number of carbonyl (C=O) groups excluding carboxylic acids is 1. The Morgan fingerprint density at radius 2 is 2.19 bits per heavy atom. The number of hydrogen-bond acceptors (Lipinski definition) is 4. The topological polar surface area (TPSA) is 70.8 Å². The number of aryl methyl sites for hydroxylation is 2. The van der Waals surface area contributed by atoms with Crippen LogP contribution in [-0.4, -0.2) is 28.9 Å². The molecule has 2 aromatic heterocycles. The third-order valence-electron chi connectivity index (χ3n) is 3.18. The summed E-state index contributed by atoms with van der Waals surface area (Å²) in [4.78, 5) is 25.7. The van der Waals surface area contributed by atoms with Gasteiger partial charge in [0.1, 0.15) is 17.1 Å². The lowest BCUT2D eigenvalue weighted by atomic mass is 10.2. The molecule has 0 aromatic carbocycles. The Hall–Kier alpha value is -2.08. The van der Waals surface area contributed by atoms with Crippen LogP contribution in [-0.2, 0) is 17.8 Å². The highest BCUT2D eigenvalue weighted by atomic mass is 32.1. The van der Waals surface area contributed by atoms with E-state index in [-0.39, 0.29) is 18.0 Å². The van der Waals surface area contributed by atoms with Gasteiger partial charge in [0.15, 0.2) is 0 Å². The Labute approximate surface area is 126 Å². The zero-order chi connectivity index (χ0) is 15.4. The normalized spacial score (nSPS) is 10.6. The third-order valence-corrected chi connectivity index (χ3v) is 4.12. The molecule has 21 heavy (non-hydrogen) atoms. The van der Waals surface area contributed by atoms with Gasteiger partial charge < -0.3 is 14.4 Å². The first-order valence-electron chi connectivity index (χ1n) is 6.56. The van der Waals surface area contributed by atoms with Gasteiger partial charge in [-0.1, -0.05) is 6.07 Å². The van der Waals surface area contributed by atoms with Crippen molar-refractivity contribution in [1.82, 2.24) is 4.90 Å². The predicted octanol–water partition coefficient (Wildman–Crippen LogP) is 2.94. The molecule has 2 aromatic rings. The predicted molar refractivity (Wildman–Crippen MR) is 79.5 cm³/mol. The molecular formula is C15H17NO4S. The lowest BCUT2D eigenvalue weighted by Crippen LogP contribution is -2.26. The fraction of sp³-hybridized carbons (Fsp3) is 0.333. The van der Waals surface area contributed by atoms with Crippen LogP contribution in [0.2, 0.25) is 0 Å². The van der Waals surface area contributed by atoms with Gasteiger partial charge in [0.2, 0.25) is 5.91 Å². The van der Waals surface area contributed by atoms with Gasteiger partial charge in [0.25, 0.3) is 0 Å². The fourth-order valence-electron chi connectivity index (χ4n) is 2.03. The second-order valence-corrected chi connectivity index (χ2v) is 5.85. The van der Waals surface area contributed by atoms with Gasteiger partial charge in [0.05, 0.1) is 6.54 Å². The van der Waals surface area contributed by atoms with Crippen LogP contribution in [0.25, 0.3) is 0 Å². The molecule has 0 radical (unpaired) electrons. The molecule has 0 saturated carbocycles. The maximum Gasteiger partial charge on any atom is 0.339 e. The molecule has 0 atom stereocenters. The van der Waals surface area contributed by atoms with Crippen LogP contribution in [0.3, 0.4) is 0 Å². The molecule has 0 saturated heterocycles. The minimum atomic E-state index is -1.02. The maximum atomic E-state index is 12.0. The van der Waals surface area contributed by atoms with Crippen LogP contribution in [0.1, 0.15) is 33.2 Å². The summed E-state index contributed by atoms with van der Waals surface area (Å²) in [7, 11) is 1.69. The van der Waals surface area contributed by atoms with Crippen molar-refractivity contribution >= 4 is 23.2 Å². The number of carbonyl (C=O) groups is 2. The average Bonchev–Trinajstić information content (AvgIpc) is 3.05. The Bertz CT molecular complexity index is 630. The highest BCUT2D eigenvalue weighted by molar-refractivity contribution is 7.09. The second-order valence-electron chi connectivity index (χ2n) is 4.82. The fourth-order valence-corrected chi connectivity index (χ4v) is 2.74. The number of thiophene rings is 1. The largest absolute Gasteiger partial charge is 0.478 e. The molecule has 0 spiro atoms. The highest BCUT2D eigenvalue weighted by Gasteiger charge is 2.16. The summed E-state index contributed by atoms with van der Waals surface area (Å²) in [6, 6.07) is 5.45. The first-order chi connectivity index (χ1) is 9.97. The smallest absolute Gasteiger partial charge is 0.339 e. The van der Waals surface area contributed by atoms with E-state index in [0.29, 0.717) is 17.9 Å². The molecule has 0 bridgehead atoms. The first-order valence-corrected chi connectivity index (χ1v) is 7.44. The number of amides is 1. The van der Waals surface area contributed by atoms with Crippen molar-refractivity contribution in [2.75, 3.05) is 7.05 Å². The molecule has 0 aliphatic carbocycles. The molecule has 6 heteroatoms. The molecule has 2 rings (SSSR count). The number of furan rings is 1. The van der Waals surface area contributed by atoms with Crippen LogP contribution in [0.15, 0.2) is 28.0 Å². The van der Waals surface area contributed by atoms with Gasteiger partial charge in [-0.15, -0.1) is 11.3 Å². The van der Waals surface area contributed by atoms with E-state index in [1.807, 2.05) is 17.5 Å². The summed E-state index contributed by atoms with van der Waals surface area (Å²) in [6.45, 7) is 1.88. The van der Waals surface area contributed by atoms with Crippen molar-refractivity contribution in [2.24, 2.45) is 0 Å². The minimum absolute atomic E-state index is 0.00864. The van der Waals surface area contributed by atoms with Crippen molar-refractivity contribution in [3.63, 3.8) is 0 Å². The SMILES string of the molecule is Cc1oc(CN(C)C(=O)CCc2cccs2)cc1C(=O)O. The number of carboxylic acid groups (broad SMARTS) is 1. The highest BCUT2D eigenvalue weighted by Crippen LogP contribution is 2.17. The molecule has 5 nitrogen and oxygen atoms in total. The van der Waals surface area contributed by atoms with Gasteiger partial charge in [0, 0.05) is 18.3 Å². The standard InChI is InChI=1S/C15H17NO4S/c1-10-13(15(18)19)8-11(20-10)9-16(2)14(17)6-5-12-4-3-7-21-12/h3-4,7-8H,5-6,9H2,1-2H3,(H,18,19). The van der Waals surface area contributed by atoms with Gasteiger partial charge in [-0.2, -0.15) is 0 Å². The van der Waals surface area contributed by atoms with Crippen LogP contribution < -0.4 is 0 Å². The Balaban J connectivity index is 1.91. The van der Waals surface area contributed by atoms with Gasteiger partial charge in [-0.25, -0.2) is 4.79 Å². The summed E-state index contributed by atoms with van der Waals surface area (Å²) >= 11 is 1.63. The quantitative estimate of drug-likeness (QED) is 0.890. The molecule has 112 valence electrons. The molecule has 0 aliphatic rings. The van der Waals surface area contributed by atoms with E-state index in [2.05, 4.69) is 0 Å². The summed E-state index contributed by atoms with van der Waals surface area (Å²) in [5.74, 6) is -0.169. The number of rotatable bonds is 6. The lowest BCUT2D eigenvalue weighted by Gasteiger charge is -2.15. The monoisotopic (exact) mass is 307 g/mol. The Morgan fingerprint density at radius 1 is 1.43 bits per heavy atom. The molecule has 0 aliphatic heterocycles. The van der Waals surface area contributed by atoms with Gasteiger partial charge in [-0.3, -0.25) is 4.79 Å². The van der Waals surface area contributed by atoms with Crippen LogP contribution in [0.5, 0.6) is 0 Å². The van der Waals surface area contributed by atoms with E-state index >= 15 is 0 Å². The molecule has 1 amide bonds. The third kappa shape index (κ3) is 3.95. The summed E-state index contributed by atoms with van der Waals surface area (Å²) in [6.07, 6.45) is 1.15. The van der Waals surface area contributed by atoms with E-state index in [1.165, 1.54) is 10.9 Å². The van der Waals surface area contributed by atoms with Crippen LogP contribution >= 0.6 is 11.3 Å². The summed E-state index contributed by atoms with van der Waals surface area (Å²) in [5.41, 5.74) is 0.143. The van der Waals surface area contributed by atoms with Crippen molar-refractivity contribution in [3.05, 3.63) is 45.5 Å². The van der Waals surface area contributed by atoms with E-state index in [0.717, 1.165) is 6.42 Å². The number of hydrogen-bond donors (Lipinski definition) is 1. The first kappa shape index (κ1) is 15.3. The Morgan fingerprint density at radius 3 is 2.76 bits per heavy atom. The van der Waals surface area contributed by atoms with Crippen molar-refractivity contribution in [1.29, 1.82) is 0 Å². The van der Waals surface area contributed by atoms with E-state index in [4.69, 9.17) is 9.52 Å². The van der Waals surface area contributed by atoms with Gasteiger partial charge in [-0.05, 0) is 30.9 Å². The number of nitrogens with zero attached hydrogens (tertiary/aromatic N) is 1. The number of aromatic carboxylic acids is 1. The van der Waals surface area contributed by atoms with Crippen molar-refractivity contribution in [2.45, 2.75) is 26.3 Å². The summed E-state index contributed by atoms with van der Waals surface area (Å²) < 4.78 is 5.37. The van der Waals surface area contributed by atoms with Crippen LogP contribution in [0.4, 0.5) is 0 Å². The minimum Gasteiger partial charge on any atom is -0.478 e. The molecule has 0 unspecified atom stereocenters. The summed E-state index contributed by atoms with van der Waals surface area (Å²) in [5, 5.41) is 11.0. The van der Waals surface area contributed by atoms with E-state index in [1.54, 1.807) is 30.2 Å². The molecule has 0 fully saturated rings. The van der Waals surface area contributed by atoms with E-state index in [9.17, 15) is 9.59 Å².